The molecule has 0 bridgehead atoms. The SMILES string of the molecule is CC(C)(C)C1=CN(c2cccc(C(C)(C)c3ccccc3)c2)[CH-]N1c1[c-]c(Oc2[c-]c3c(cc2)c2ccccc2n3-c2cc(C(C)(C)C)ccn2)ccc1.[Pt]. The molecule has 0 saturated carbocycles. The molecule has 0 fully saturated rings. The topological polar surface area (TPSA) is 33.5 Å². The van der Waals surface area contributed by atoms with Crippen LogP contribution in [0.3, 0.4) is 0 Å². The maximum atomic E-state index is 6.56. The van der Waals surface area contributed by atoms with Crippen LogP contribution in [0.1, 0.15) is 72.1 Å². The van der Waals surface area contributed by atoms with E-state index >= 15 is 0 Å². The molecule has 0 N–H and O–H groups in total. The van der Waals surface area contributed by atoms with Gasteiger partial charge < -0.3 is 19.1 Å². The zero-order valence-electron chi connectivity index (χ0n) is 32.8. The zero-order valence-corrected chi connectivity index (χ0v) is 35.1. The van der Waals surface area contributed by atoms with Gasteiger partial charge in [0.05, 0.1) is 0 Å². The van der Waals surface area contributed by atoms with Crippen molar-refractivity contribution in [2.45, 2.75) is 66.2 Å². The van der Waals surface area contributed by atoms with Crippen molar-refractivity contribution in [3.63, 3.8) is 0 Å². The Morgan fingerprint density at radius 3 is 2.09 bits per heavy atom. The minimum atomic E-state index is -0.145. The average Bonchev–Trinajstić information content (AvgIpc) is 3.76. The summed E-state index contributed by atoms with van der Waals surface area (Å²) in [6.45, 7) is 20.1. The molecule has 7 aromatic rings. The van der Waals surface area contributed by atoms with E-state index in [1.54, 1.807) is 0 Å². The molecule has 0 amide bonds. The fraction of sp³-hybridized carbons (Fsp3) is 0.224. The van der Waals surface area contributed by atoms with Gasteiger partial charge >= 0.3 is 0 Å². The Balaban J connectivity index is 0.00000465. The first-order valence-corrected chi connectivity index (χ1v) is 18.7. The quantitative estimate of drug-likeness (QED) is 0.149. The first-order valence-electron chi connectivity index (χ1n) is 18.7. The molecule has 0 radical (unpaired) electrons. The second-order valence-electron chi connectivity index (χ2n) is 16.8. The predicted octanol–water partition coefficient (Wildman–Crippen LogP) is 12.5. The number of ether oxygens (including phenoxy) is 1. The molecule has 1 aliphatic heterocycles. The summed E-state index contributed by atoms with van der Waals surface area (Å²) in [4.78, 5) is 9.27. The normalized spacial score (nSPS) is 13.6. The number of aromatic nitrogens is 2. The van der Waals surface area contributed by atoms with E-state index < -0.39 is 0 Å². The standard InChI is InChI=1S/C49H47N4O.Pt/c1-47(2,3)35-26-27-50-46(29-35)53-43-23-13-12-22-41(43)42-25-24-40(31-44(42)53)54-39-21-15-20-38(30-39)52-33-51(32-45(52)48(4,5)6)37-19-14-18-36(28-37)49(7,8)34-16-10-9-11-17-34;/h9-29,32-33H,1-8H3;/q-3;. The zero-order chi connectivity index (χ0) is 37.8. The van der Waals surface area contributed by atoms with Gasteiger partial charge in [-0.15, -0.1) is 48.1 Å². The van der Waals surface area contributed by atoms with Crippen LogP contribution in [0.5, 0.6) is 11.5 Å². The smallest absolute Gasteiger partial charge is 0.135 e. The van der Waals surface area contributed by atoms with E-state index in [2.05, 4.69) is 198 Å². The van der Waals surface area contributed by atoms with Crippen molar-refractivity contribution in [3.05, 3.63) is 175 Å². The van der Waals surface area contributed by atoms with Crippen molar-refractivity contribution in [1.82, 2.24) is 9.55 Å². The van der Waals surface area contributed by atoms with Crippen molar-refractivity contribution in [3.8, 4) is 17.3 Å². The third-order valence-electron chi connectivity index (χ3n) is 10.5. The van der Waals surface area contributed by atoms with Gasteiger partial charge in [0, 0.05) is 66.5 Å². The molecule has 1 aliphatic rings. The first kappa shape index (κ1) is 38.2. The molecule has 0 saturated heterocycles. The number of anilines is 2. The van der Waals surface area contributed by atoms with Gasteiger partial charge in [0.1, 0.15) is 5.82 Å². The largest absolute Gasteiger partial charge is 0.509 e. The molecule has 0 aliphatic carbocycles. The number of fused-ring (bicyclic) bond motifs is 3. The van der Waals surface area contributed by atoms with Crippen molar-refractivity contribution in [2.75, 3.05) is 9.80 Å². The van der Waals surface area contributed by atoms with Gasteiger partial charge in [0.2, 0.25) is 0 Å². The van der Waals surface area contributed by atoms with Crippen molar-refractivity contribution >= 4 is 33.2 Å². The van der Waals surface area contributed by atoms with Gasteiger partial charge in [-0.3, -0.25) is 0 Å². The van der Waals surface area contributed by atoms with Gasteiger partial charge in [-0.2, -0.15) is 12.1 Å². The van der Waals surface area contributed by atoms with Crippen molar-refractivity contribution in [2.24, 2.45) is 5.41 Å². The van der Waals surface area contributed by atoms with E-state index in [1.165, 1.54) is 16.7 Å². The molecule has 8 rings (SSSR count). The van der Waals surface area contributed by atoms with Crippen LogP contribution >= 0.6 is 0 Å². The minimum Gasteiger partial charge on any atom is -0.509 e. The van der Waals surface area contributed by atoms with Gasteiger partial charge in [-0.1, -0.05) is 122 Å². The molecule has 0 unspecified atom stereocenters. The van der Waals surface area contributed by atoms with E-state index in [0.29, 0.717) is 11.5 Å². The molecule has 5 aromatic carbocycles. The molecule has 5 nitrogen and oxygen atoms in total. The number of allylic oxidation sites excluding steroid dienone is 1. The minimum absolute atomic E-state index is 0. The van der Waals surface area contributed by atoms with Crippen molar-refractivity contribution in [1.29, 1.82) is 0 Å². The average molecular weight is 903 g/mol. The van der Waals surface area contributed by atoms with Crippen LogP contribution in [0.15, 0.2) is 139 Å². The summed E-state index contributed by atoms with van der Waals surface area (Å²) in [5.41, 5.74) is 8.64. The van der Waals surface area contributed by atoms with E-state index in [1.807, 2.05) is 24.4 Å². The second-order valence-corrected chi connectivity index (χ2v) is 16.8. The number of rotatable bonds is 7. The summed E-state index contributed by atoms with van der Waals surface area (Å²) >= 11 is 0. The fourth-order valence-electron chi connectivity index (χ4n) is 7.31. The molecule has 282 valence electrons. The number of para-hydroxylation sites is 1. The van der Waals surface area contributed by atoms with E-state index in [-0.39, 0.29) is 37.3 Å². The van der Waals surface area contributed by atoms with Crippen LogP contribution in [0.4, 0.5) is 11.4 Å². The van der Waals surface area contributed by atoms with Crippen LogP contribution in [-0.4, -0.2) is 9.55 Å². The molecular weight excluding hydrogens is 856 g/mol. The third-order valence-corrected chi connectivity index (χ3v) is 10.5. The first-order chi connectivity index (χ1) is 25.8. The fourth-order valence-corrected chi connectivity index (χ4v) is 7.31. The maximum Gasteiger partial charge on any atom is 0.135 e. The number of benzene rings is 5. The Morgan fingerprint density at radius 1 is 0.618 bits per heavy atom. The third kappa shape index (κ3) is 7.35. The Labute approximate surface area is 340 Å². The maximum absolute atomic E-state index is 6.56. The number of hydrogen-bond donors (Lipinski definition) is 0. The molecule has 0 spiro atoms. The van der Waals surface area contributed by atoms with Gasteiger partial charge in [-0.25, -0.2) is 4.98 Å². The molecule has 2 aromatic heterocycles. The molecule has 3 heterocycles. The van der Waals surface area contributed by atoms with Gasteiger partial charge in [0.25, 0.3) is 0 Å². The van der Waals surface area contributed by atoms with E-state index in [0.717, 1.165) is 44.7 Å². The number of nitrogens with zero attached hydrogens (tertiary/aromatic N) is 4. The summed E-state index contributed by atoms with van der Waals surface area (Å²) in [6.07, 6.45) is 4.13. The summed E-state index contributed by atoms with van der Waals surface area (Å²) in [7, 11) is 0. The Bertz CT molecular complexity index is 2520. The van der Waals surface area contributed by atoms with Crippen LogP contribution in [0.25, 0.3) is 27.6 Å². The Morgan fingerprint density at radius 2 is 1.33 bits per heavy atom. The van der Waals surface area contributed by atoms with Crippen LogP contribution in [0.2, 0.25) is 0 Å². The molecule has 55 heavy (non-hydrogen) atoms. The summed E-state index contributed by atoms with van der Waals surface area (Å²) < 4.78 is 8.75. The molecule has 0 atom stereocenters. The summed E-state index contributed by atoms with van der Waals surface area (Å²) in [5.74, 6) is 2.09. The summed E-state index contributed by atoms with van der Waals surface area (Å²) in [6, 6.07) is 49.6. The van der Waals surface area contributed by atoms with Crippen LogP contribution in [-0.2, 0) is 31.9 Å². The van der Waals surface area contributed by atoms with Gasteiger partial charge in [0.15, 0.2) is 0 Å². The number of hydrogen-bond acceptors (Lipinski definition) is 4. The predicted molar refractivity (Wildman–Crippen MR) is 223 cm³/mol. The van der Waals surface area contributed by atoms with Crippen molar-refractivity contribution < 1.29 is 25.8 Å². The van der Waals surface area contributed by atoms with E-state index in [9.17, 15) is 0 Å². The second kappa shape index (κ2) is 14.5. The number of pyridine rings is 1. The van der Waals surface area contributed by atoms with Crippen LogP contribution in [0, 0.1) is 24.2 Å². The molecular formula is C49H47N4OPt-3. The van der Waals surface area contributed by atoms with E-state index in [4.69, 9.17) is 9.72 Å². The summed E-state index contributed by atoms with van der Waals surface area (Å²) in [5, 5.41) is 2.25. The Kier molecular flexibility index (Phi) is 10.1. The Hall–Kier alpha value is -5.12. The van der Waals surface area contributed by atoms with Gasteiger partial charge in [-0.05, 0) is 64.0 Å². The van der Waals surface area contributed by atoms with Crippen LogP contribution < -0.4 is 14.5 Å². The monoisotopic (exact) mass is 902 g/mol. The molecule has 6 heteroatoms.